The number of carboxylic acid groups (broad SMARTS) is 1. The second kappa shape index (κ2) is 5.57. The molecule has 3 rings (SSSR count). The molecule has 0 aliphatic rings. The Hall–Kier alpha value is -2.73. The van der Waals surface area contributed by atoms with Crippen LogP contribution in [0.1, 0.15) is 16.1 Å². The first-order chi connectivity index (χ1) is 10.6. The Balaban J connectivity index is 2.15. The van der Waals surface area contributed by atoms with Crippen LogP contribution in [0.2, 0.25) is 5.02 Å². The molecule has 0 atom stereocenters. The Labute approximate surface area is 130 Å². The van der Waals surface area contributed by atoms with Gasteiger partial charge in [-0.2, -0.15) is 0 Å². The van der Waals surface area contributed by atoms with Gasteiger partial charge in [0.25, 0.3) is 0 Å². The summed E-state index contributed by atoms with van der Waals surface area (Å²) in [6, 6.07) is 10.5. The van der Waals surface area contributed by atoms with Crippen molar-refractivity contribution in [2.45, 2.75) is 6.92 Å². The van der Waals surface area contributed by atoms with E-state index in [4.69, 9.17) is 11.6 Å². The molecular weight excluding hydrogens is 304 g/mol. The Bertz CT molecular complexity index is 902. The van der Waals surface area contributed by atoms with E-state index in [1.54, 1.807) is 40.9 Å². The van der Waals surface area contributed by atoms with Gasteiger partial charge in [0, 0.05) is 11.2 Å². The van der Waals surface area contributed by atoms with E-state index >= 15 is 0 Å². The molecule has 2 aromatic heterocycles. The zero-order valence-electron chi connectivity index (χ0n) is 11.6. The van der Waals surface area contributed by atoms with Gasteiger partial charge in [0.05, 0.1) is 5.69 Å². The highest BCUT2D eigenvalue weighted by Gasteiger charge is 2.19. The van der Waals surface area contributed by atoms with Crippen molar-refractivity contribution >= 4 is 34.7 Å². The largest absolute Gasteiger partial charge is 0.476 e. The smallest absolute Gasteiger partial charge is 0.358 e. The van der Waals surface area contributed by atoms with Crippen molar-refractivity contribution in [2.75, 3.05) is 0 Å². The van der Waals surface area contributed by atoms with Crippen molar-refractivity contribution in [3.63, 3.8) is 0 Å². The van der Waals surface area contributed by atoms with Gasteiger partial charge in [-0.15, -0.1) is 10.2 Å². The van der Waals surface area contributed by atoms with Gasteiger partial charge in [0.2, 0.25) is 0 Å². The van der Waals surface area contributed by atoms with Crippen molar-refractivity contribution < 1.29 is 9.90 Å². The highest BCUT2D eigenvalue weighted by atomic mass is 35.5. The molecule has 0 radical (unpaired) electrons. The van der Waals surface area contributed by atoms with Crippen molar-refractivity contribution in [1.29, 1.82) is 0 Å². The highest BCUT2D eigenvalue weighted by Crippen LogP contribution is 2.26. The molecule has 0 bridgehead atoms. The summed E-state index contributed by atoms with van der Waals surface area (Å²) in [5.74, 6) is -0.977. The number of benzene rings is 1. The van der Waals surface area contributed by atoms with E-state index in [9.17, 15) is 9.90 Å². The average molecular weight is 315 g/mol. The minimum Gasteiger partial charge on any atom is -0.476 e. The number of carbonyl (C=O) groups is 1. The molecule has 3 aromatic rings. The maximum Gasteiger partial charge on any atom is 0.358 e. The number of aromatic nitrogens is 2. The second-order valence-electron chi connectivity index (χ2n) is 4.65. The van der Waals surface area contributed by atoms with E-state index in [-0.39, 0.29) is 11.5 Å². The Morgan fingerprint density at radius 3 is 2.82 bits per heavy atom. The van der Waals surface area contributed by atoms with Crippen LogP contribution < -0.4 is 0 Å². The van der Waals surface area contributed by atoms with Gasteiger partial charge in [0.1, 0.15) is 5.65 Å². The first-order valence-electron chi connectivity index (χ1n) is 6.44. The van der Waals surface area contributed by atoms with Crippen molar-refractivity contribution in [3.05, 3.63) is 58.9 Å². The van der Waals surface area contributed by atoms with E-state index in [1.807, 2.05) is 13.0 Å². The van der Waals surface area contributed by atoms with E-state index in [0.29, 0.717) is 16.4 Å². The van der Waals surface area contributed by atoms with Crippen molar-refractivity contribution in [2.24, 2.45) is 10.2 Å². The summed E-state index contributed by atoms with van der Waals surface area (Å²) in [5.41, 5.74) is 1.79. The molecule has 1 N–H and O–H groups in total. The number of halogens is 1. The van der Waals surface area contributed by atoms with Crippen molar-refractivity contribution in [1.82, 2.24) is 9.38 Å². The molecule has 0 aliphatic heterocycles. The summed E-state index contributed by atoms with van der Waals surface area (Å²) >= 11 is 5.89. The number of aryl methyl sites for hydroxylation is 1. The van der Waals surface area contributed by atoms with Crippen LogP contribution in [-0.2, 0) is 0 Å². The summed E-state index contributed by atoms with van der Waals surface area (Å²) in [7, 11) is 0. The van der Waals surface area contributed by atoms with Gasteiger partial charge in [-0.1, -0.05) is 23.7 Å². The lowest BCUT2D eigenvalue weighted by Gasteiger charge is -1.98. The molecule has 7 heteroatoms. The molecule has 0 fully saturated rings. The molecule has 6 nitrogen and oxygen atoms in total. The molecule has 0 aliphatic carbocycles. The summed E-state index contributed by atoms with van der Waals surface area (Å²) < 4.78 is 1.60. The molecule has 0 unspecified atom stereocenters. The monoisotopic (exact) mass is 314 g/mol. The molecule has 1 aromatic carbocycles. The summed E-state index contributed by atoms with van der Waals surface area (Å²) in [6.45, 7) is 1.85. The lowest BCUT2D eigenvalue weighted by Crippen LogP contribution is -1.96. The third-order valence-electron chi connectivity index (χ3n) is 3.09. The molecule has 2 heterocycles. The van der Waals surface area contributed by atoms with Crippen LogP contribution in [0.15, 0.2) is 52.8 Å². The molecule has 0 saturated carbocycles. The Morgan fingerprint density at radius 1 is 1.27 bits per heavy atom. The first kappa shape index (κ1) is 14.2. The number of azo groups is 1. The van der Waals surface area contributed by atoms with Crippen molar-refractivity contribution in [3.8, 4) is 0 Å². The number of nitrogens with zero attached hydrogens (tertiary/aromatic N) is 4. The first-order valence-corrected chi connectivity index (χ1v) is 6.82. The number of carboxylic acids is 1. The fraction of sp³-hybridized carbons (Fsp3) is 0.0667. The number of rotatable bonds is 3. The van der Waals surface area contributed by atoms with Crippen LogP contribution in [-0.4, -0.2) is 20.5 Å². The third kappa shape index (κ3) is 2.56. The minimum absolute atomic E-state index is 0.139. The predicted octanol–water partition coefficient (Wildman–Crippen LogP) is 4.41. The molecule has 0 amide bonds. The normalized spacial score (nSPS) is 11.4. The van der Waals surface area contributed by atoms with Crippen LogP contribution >= 0.6 is 11.6 Å². The standard InChI is InChI=1S/C15H11ClN4O2/c1-9-4-3-7-20-13(9)17-12(15(21)22)14(20)19-18-11-6-2-5-10(16)8-11/h2-8H,1H3,(H,21,22). The fourth-order valence-electron chi connectivity index (χ4n) is 2.07. The molecule has 22 heavy (non-hydrogen) atoms. The zero-order valence-corrected chi connectivity index (χ0v) is 12.3. The second-order valence-corrected chi connectivity index (χ2v) is 5.09. The van der Waals surface area contributed by atoms with Gasteiger partial charge in [-0.3, -0.25) is 4.40 Å². The fourth-order valence-corrected chi connectivity index (χ4v) is 2.26. The Morgan fingerprint density at radius 2 is 2.09 bits per heavy atom. The van der Waals surface area contributed by atoms with Crippen LogP contribution in [0.5, 0.6) is 0 Å². The number of imidazole rings is 1. The van der Waals surface area contributed by atoms with Crippen LogP contribution in [0.25, 0.3) is 5.65 Å². The van der Waals surface area contributed by atoms with E-state index in [0.717, 1.165) is 5.56 Å². The van der Waals surface area contributed by atoms with E-state index in [1.165, 1.54) is 0 Å². The minimum atomic E-state index is -1.15. The van der Waals surface area contributed by atoms with Gasteiger partial charge in [-0.25, -0.2) is 9.78 Å². The lowest BCUT2D eigenvalue weighted by molar-refractivity contribution is 0.0692. The Kier molecular flexibility index (Phi) is 3.60. The third-order valence-corrected chi connectivity index (χ3v) is 3.33. The highest BCUT2D eigenvalue weighted by molar-refractivity contribution is 6.30. The van der Waals surface area contributed by atoms with E-state index < -0.39 is 5.97 Å². The summed E-state index contributed by atoms with van der Waals surface area (Å²) in [4.78, 5) is 15.5. The van der Waals surface area contributed by atoms with Gasteiger partial charge in [0.15, 0.2) is 11.5 Å². The van der Waals surface area contributed by atoms with Crippen LogP contribution in [0, 0.1) is 6.92 Å². The molecule has 110 valence electrons. The van der Waals surface area contributed by atoms with Gasteiger partial charge < -0.3 is 5.11 Å². The summed E-state index contributed by atoms with van der Waals surface area (Å²) in [6.07, 6.45) is 1.70. The summed E-state index contributed by atoms with van der Waals surface area (Å²) in [5, 5.41) is 17.9. The number of pyridine rings is 1. The molecule has 0 saturated heterocycles. The van der Waals surface area contributed by atoms with Gasteiger partial charge in [-0.05, 0) is 36.8 Å². The van der Waals surface area contributed by atoms with E-state index in [2.05, 4.69) is 15.2 Å². The molecule has 0 spiro atoms. The number of fused-ring (bicyclic) bond motifs is 1. The van der Waals surface area contributed by atoms with Gasteiger partial charge >= 0.3 is 5.97 Å². The lowest BCUT2D eigenvalue weighted by atomic mass is 10.3. The predicted molar refractivity (Wildman–Crippen MR) is 82.5 cm³/mol. The van der Waals surface area contributed by atoms with Crippen LogP contribution in [0.4, 0.5) is 11.5 Å². The average Bonchev–Trinajstić information content (AvgIpc) is 2.86. The molecular formula is C15H11ClN4O2. The number of aromatic carboxylic acids is 1. The van der Waals surface area contributed by atoms with Crippen LogP contribution in [0.3, 0.4) is 0 Å². The maximum absolute atomic E-state index is 11.4. The zero-order chi connectivity index (χ0) is 15.7. The maximum atomic E-state index is 11.4. The number of hydrogen-bond donors (Lipinski definition) is 1. The number of hydrogen-bond acceptors (Lipinski definition) is 4. The quantitative estimate of drug-likeness (QED) is 0.727. The SMILES string of the molecule is Cc1cccn2c(N=Nc3cccc(Cl)c3)c(C(=O)O)nc12. The topological polar surface area (TPSA) is 79.3 Å².